The van der Waals surface area contributed by atoms with Gasteiger partial charge >= 0.3 is 6.09 Å². The Morgan fingerprint density at radius 2 is 1.86 bits per heavy atom. The van der Waals surface area contributed by atoms with Gasteiger partial charge in [0.15, 0.2) is 0 Å². The number of carbonyl (C=O) groups is 1. The second-order valence-corrected chi connectivity index (χ2v) is 6.06. The summed E-state index contributed by atoms with van der Waals surface area (Å²) in [5, 5.41) is 12.7. The molecule has 2 N–H and O–H groups in total. The lowest BCUT2D eigenvalue weighted by atomic mass is 10.1. The van der Waals surface area contributed by atoms with Crippen LogP contribution in [0.25, 0.3) is 6.08 Å². The van der Waals surface area contributed by atoms with Crippen molar-refractivity contribution in [2.24, 2.45) is 0 Å². The van der Waals surface area contributed by atoms with E-state index in [4.69, 9.17) is 9.47 Å². The molecule has 0 heterocycles. The molecule has 0 aliphatic rings. The highest BCUT2D eigenvalue weighted by Crippen LogP contribution is 2.13. The van der Waals surface area contributed by atoms with Gasteiger partial charge in [0.1, 0.15) is 11.4 Å². The molecule has 0 fully saturated rings. The Morgan fingerprint density at radius 3 is 2.36 bits per heavy atom. The van der Waals surface area contributed by atoms with E-state index in [-0.39, 0.29) is 0 Å². The zero-order valence-electron chi connectivity index (χ0n) is 13.8. The van der Waals surface area contributed by atoms with Crippen LogP contribution in [0.3, 0.4) is 0 Å². The minimum absolute atomic E-state index is 0.454. The smallest absolute Gasteiger partial charge is 0.407 e. The van der Waals surface area contributed by atoms with Gasteiger partial charge in [0.25, 0.3) is 0 Å². The van der Waals surface area contributed by atoms with Gasteiger partial charge in [0, 0.05) is 0 Å². The van der Waals surface area contributed by atoms with Crippen molar-refractivity contribution in [1.82, 2.24) is 5.32 Å². The van der Waals surface area contributed by atoms with Crippen molar-refractivity contribution in [2.45, 2.75) is 45.4 Å². The highest BCUT2D eigenvalue weighted by atomic mass is 16.6. The van der Waals surface area contributed by atoms with Gasteiger partial charge in [-0.25, -0.2) is 4.79 Å². The Bertz CT molecular complexity index is 502. The summed E-state index contributed by atoms with van der Waals surface area (Å²) < 4.78 is 10.2. The number of aliphatic hydroxyl groups is 1. The van der Waals surface area contributed by atoms with E-state index in [9.17, 15) is 9.90 Å². The van der Waals surface area contributed by atoms with E-state index in [1.54, 1.807) is 47.0 Å². The summed E-state index contributed by atoms with van der Waals surface area (Å²) >= 11 is 0. The molecule has 2 atom stereocenters. The number of amides is 1. The third-order valence-electron chi connectivity index (χ3n) is 2.86. The van der Waals surface area contributed by atoms with Gasteiger partial charge in [-0.3, -0.25) is 0 Å². The van der Waals surface area contributed by atoms with Crippen molar-refractivity contribution >= 4 is 12.2 Å². The third kappa shape index (κ3) is 6.63. The molecule has 0 aliphatic carbocycles. The molecule has 1 aromatic rings. The number of aliphatic hydroxyl groups excluding tert-OH is 1. The van der Waals surface area contributed by atoms with E-state index in [0.717, 1.165) is 11.3 Å². The first-order chi connectivity index (χ1) is 10.2. The van der Waals surface area contributed by atoms with Crippen molar-refractivity contribution < 1.29 is 19.4 Å². The summed E-state index contributed by atoms with van der Waals surface area (Å²) in [7, 11) is 1.61. The standard InChI is InChI=1S/C17H25NO4/c1-12(18-16(20)22-17(2,3)4)15(19)11-8-13-6-9-14(21-5)10-7-13/h6-12,15,19H,1-5H3,(H,18,20)/b11-8+/t12-,15+/m1/s1. The zero-order chi connectivity index (χ0) is 16.8. The molecule has 1 aromatic carbocycles. The molecule has 5 heteroatoms. The van der Waals surface area contributed by atoms with Crippen LogP contribution < -0.4 is 10.1 Å². The van der Waals surface area contributed by atoms with Crippen molar-refractivity contribution in [3.63, 3.8) is 0 Å². The van der Waals surface area contributed by atoms with Gasteiger partial charge in [-0.15, -0.1) is 0 Å². The Balaban J connectivity index is 2.53. The van der Waals surface area contributed by atoms with E-state index in [0.29, 0.717) is 0 Å². The second kappa shape index (κ2) is 7.84. The number of methoxy groups -OCH3 is 1. The number of alkyl carbamates (subject to hydrolysis) is 1. The van der Waals surface area contributed by atoms with E-state index in [1.807, 2.05) is 24.3 Å². The quantitative estimate of drug-likeness (QED) is 0.877. The maximum atomic E-state index is 11.6. The number of rotatable bonds is 5. The molecule has 0 radical (unpaired) electrons. The fourth-order valence-electron chi connectivity index (χ4n) is 1.67. The van der Waals surface area contributed by atoms with Crippen LogP contribution in [0, 0.1) is 0 Å². The summed E-state index contributed by atoms with van der Waals surface area (Å²) in [5.41, 5.74) is 0.373. The highest BCUT2D eigenvalue weighted by molar-refractivity contribution is 5.68. The van der Waals surface area contributed by atoms with Crippen LogP contribution in [-0.4, -0.2) is 36.1 Å². The Kier molecular flexibility index (Phi) is 6.43. The number of nitrogens with one attached hydrogen (secondary N) is 1. The number of benzene rings is 1. The average Bonchev–Trinajstić information content (AvgIpc) is 2.43. The van der Waals surface area contributed by atoms with Crippen LogP contribution in [-0.2, 0) is 4.74 Å². The molecular weight excluding hydrogens is 282 g/mol. The van der Waals surface area contributed by atoms with Gasteiger partial charge in [0.2, 0.25) is 0 Å². The predicted molar refractivity (Wildman–Crippen MR) is 86.9 cm³/mol. The number of carbonyl (C=O) groups excluding carboxylic acids is 1. The molecular formula is C17H25NO4. The van der Waals surface area contributed by atoms with Crippen LogP contribution in [0.1, 0.15) is 33.3 Å². The normalized spacial score (nSPS) is 14.5. The van der Waals surface area contributed by atoms with Crippen molar-refractivity contribution in [3.05, 3.63) is 35.9 Å². The van der Waals surface area contributed by atoms with Crippen molar-refractivity contribution in [2.75, 3.05) is 7.11 Å². The molecule has 0 saturated carbocycles. The molecule has 0 spiro atoms. The molecule has 1 amide bonds. The molecule has 0 aromatic heterocycles. The lowest BCUT2D eigenvalue weighted by Gasteiger charge is -2.23. The SMILES string of the molecule is COc1ccc(/C=C/[C@H](O)[C@@H](C)NC(=O)OC(C)(C)C)cc1. The average molecular weight is 307 g/mol. The minimum Gasteiger partial charge on any atom is -0.497 e. The largest absolute Gasteiger partial charge is 0.497 e. The van der Waals surface area contributed by atoms with Gasteiger partial charge in [-0.2, -0.15) is 0 Å². The summed E-state index contributed by atoms with van der Waals surface area (Å²) in [5.74, 6) is 0.776. The van der Waals surface area contributed by atoms with Gasteiger partial charge < -0.3 is 19.9 Å². The van der Waals surface area contributed by atoms with Crippen LogP contribution in [0.2, 0.25) is 0 Å². The lowest BCUT2D eigenvalue weighted by Crippen LogP contribution is -2.42. The first-order valence-electron chi connectivity index (χ1n) is 7.21. The van der Waals surface area contributed by atoms with E-state index in [1.165, 1.54) is 0 Å². The van der Waals surface area contributed by atoms with Crippen LogP contribution in [0.5, 0.6) is 5.75 Å². The molecule has 0 saturated heterocycles. The molecule has 1 rings (SSSR count). The van der Waals surface area contributed by atoms with Crippen LogP contribution in [0.4, 0.5) is 4.79 Å². The Labute approximate surface area is 131 Å². The summed E-state index contributed by atoms with van der Waals surface area (Å²) in [6.45, 7) is 7.08. The second-order valence-electron chi connectivity index (χ2n) is 6.06. The minimum atomic E-state index is -0.811. The maximum absolute atomic E-state index is 11.6. The first-order valence-corrected chi connectivity index (χ1v) is 7.21. The highest BCUT2D eigenvalue weighted by Gasteiger charge is 2.20. The van der Waals surface area contributed by atoms with Crippen LogP contribution >= 0.6 is 0 Å². The molecule has 0 unspecified atom stereocenters. The summed E-state index contributed by atoms with van der Waals surface area (Å²) in [6, 6.07) is 6.99. The number of ether oxygens (including phenoxy) is 2. The maximum Gasteiger partial charge on any atom is 0.407 e. The Morgan fingerprint density at radius 1 is 1.27 bits per heavy atom. The topological polar surface area (TPSA) is 67.8 Å². The van der Waals surface area contributed by atoms with E-state index < -0.39 is 23.8 Å². The predicted octanol–water partition coefficient (Wildman–Crippen LogP) is 2.98. The molecule has 5 nitrogen and oxygen atoms in total. The molecule has 0 bridgehead atoms. The van der Waals surface area contributed by atoms with Gasteiger partial charge in [-0.05, 0) is 45.4 Å². The van der Waals surface area contributed by atoms with Gasteiger partial charge in [0.05, 0.1) is 19.3 Å². The molecule has 0 aliphatic heterocycles. The van der Waals surface area contributed by atoms with E-state index >= 15 is 0 Å². The monoisotopic (exact) mass is 307 g/mol. The van der Waals surface area contributed by atoms with Crippen molar-refractivity contribution in [1.29, 1.82) is 0 Å². The van der Waals surface area contributed by atoms with E-state index in [2.05, 4.69) is 5.32 Å². The lowest BCUT2D eigenvalue weighted by molar-refractivity contribution is 0.0465. The fourth-order valence-corrected chi connectivity index (χ4v) is 1.67. The van der Waals surface area contributed by atoms with Gasteiger partial charge in [-0.1, -0.05) is 24.3 Å². The third-order valence-corrected chi connectivity index (χ3v) is 2.86. The zero-order valence-corrected chi connectivity index (χ0v) is 13.8. The summed E-state index contributed by atoms with van der Waals surface area (Å²) in [6.07, 6.45) is 2.06. The summed E-state index contributed by atoms with van der Waals surface area (Å²) in [4.78, 5) is 11.6. The number of hydrogen-bond donors (Lipinski definition) is 2. The number of hydrogen-bond acceptors (Lipinski definition) is 4. The Hall–Kier alpha value is -2.01. The molecule has 122 valence electrons. The first kappa shape index (κ1) is 18.0. The van der Waals surface area contributed by atoms with Crippen molar-refractivity contribution in [3.8, 4) is 5.75 Å². The van der Waals surface area contributed by atoms with Crippen LogP contribution in [0.15, 0.2) is 30.3 Å². The molecule has 22 heavy (non-hydrogen) atoms. The fraction of sp³-hybridized carbons (Fsp3) is 0.471.